The second-order valence-corrected chi connectivity index (χ2v) is 5.39. The summed E-state index contributed by atoms with van der Waals surface area (Å²) in [5, 5.41) is 11.7. The SMILES string of the molecule is Cc1ccc(NC(=S)N/N=C/c2ccsc2)c(C)c1. The predicted octanol–water partition coefficient (Wildman–Crippen LogP) is 3.69. The highest BCUT2D eigenvalue weighted by molar-refractivity contribution is 7.80. The molecule has 0 saturated carbocycles. The van der Waals surface area contributed by atoms with E-state index >= 15 is 0 Å². The van der Waals surface area contributed by atoms with Gasteiger partial charge in [0.2, 0.25) is 0 Å². The average Bonchev–Trinajstić information content (AvgIpc) is 2.86. The van der Waals surface area contributed by atoms with Crippen molar-refractivity contribution in [2.45, 2.75) is 13.8 Å². The molecule has 0 aliphatic heterocycles. The Hall–Kier alpha value is -1.72. The van der Waals surface area contributed by atoms with Crippen LogP contribution < -0.4 is 10.7 Å². The number of aryl methyl sites for hydroxylation is 2. The number of benzene rings is 1. The Kier molecular flexibility index (Phi) is 4.65. The predicted molar refractivity (Wildman–Crippen MR) is 87.2 cm³/mol. The van der Waals surface area contributed by atoms with E-state index in [9.17, 15) is 0 Å². The summed E-state index contributed by atoms with van der Waals surface area (Å²) in [4.78, 5) is 0. The van der Waals surface area contributed by atoms with Gasteiger partial charge in [-0.15, -0.1) is 0 Å². The summed E-state index contributed by atoms with van der Waals surface area (Å²) >= 11 is 6.83. The largest absolute Gasteiger partial charge is 0.331 e. The molecule has 1 heterocycles. The molecule has 2 rings (SSSR count). The third kappa shape index (κ3) is 4.15. The second-order valence-electron chi connectivity index (χ2n) is 4.20. The third-order valence-electron chi connectivity index (χ3n) is 2.55. The van der Waals surface area contributed by atoms with Gasteiger partial charge in [0.1, 0.15) is 0 Å². The molecule has 0 radical (unpaired) electrons. The van der Waals surface area contributed by atoms with Crippen LogP contribution in [-0.4, -0.2) is 11.3 Å². The summed E-state index contributed by atoms with van der Waals surface area (Å²) in [5.74, 6) is 0. The fourth-order valence-corrected chi connectivity index (χ4v) is 2.39. The number of nitrogens with one attached hydrogen (secondary N) is 2. The first-order valence-electron chi connectivity index (χ1n) is 5.84. The molecule has 0 unspecified atom stereocenters. The van der Waals surface area contributed by atoms with Gasteiger partial charge in [0.15, 0.2) is 5.11 Å². The summed E-state index contributed by atoms with van der Waals surface area (Å²) in [5.41, 5.74) is 7.25. The zero-order valence-electron chi connectivity index (χ0n) is 10.8. The first kappa shape index (κ1) is 13.7. The lowest BCUT2D eigenvalue weighted by Gasteiger charge is -2.10. The second kappa shape index (κ2) is 6.45. The highest BCUT2D eigenvalue weighted by atomic mass is 32.1. The molecular weight excluding hydrogens is 274 g/mol. The maximum Gasteiger partial charge on any atom is 0.191 e. The Balaban J connectivity index is 1.91. The van der Waals surface area contributed by atoms with Crippen molar-refractivity contribution in [3.8, 4) is 0 Å². The van der Waals surface area contributed by atoms with Crippen LogP contribution in [0.2, 0.25) is 0 Å². The smallest absolute Gasteiger partial charge is 0.191 e. The van der Waals surface area contributed by atoms with E-state index in [4.69, 9.17) is 12.2 Å². The van der Waals surface area contributed by atoms with Crippen molar-refractivity contribution < 1.29 is 0 Å². The van der Waals surface area contributed by atoms with Crippen molar-refractivity contribution in [2.75, 3.05) is 5.32 Å². The van der Waals surface area contributed by atoms with Gasteiger partial charge in [-0.1, -0.05) is 17.7 Å². The maximum atomic E-state index is 5.19. The zero-order chi connectivity index (χ0) is 13.7. The van der Waals surface area contributed by atoms with Crippen molar-refractivity contribution in [1.82, 2.24) is 5.43 Å². The van der Waals surface area contributed by atoms with Crippen LogP contribution in [0.3, 0.4) is 0 Å². The van der Waals surface area contributed by atoms with Gasteiger partial charge in [-0.05, 0) is 54.5 Å². The van der Waals surface area contributed by atoms with Crippen molar-refractivity contribution in [3.05, 3.63) is 51.7 Å². The fourth-order valence-electron chi connectivity index (χ4n) is 1.62. The van der Waals surface area contributed by atoms with Crippen LogP contribution in [0.4, 0.5) is 5.69 Å². The van der Waals surface area contributed by atoms with E-state index < -0.39 is 0 Å². The topological polar surface area (TPSA) is 36.4 Å². The molecule has 19 heavy (non-hydrogen) atoms. The normalized spacial score (nSPS) is 10.6. The quantitative estimate of drug-likeness (QED) is 0.514. The summed E-state index contributed by atoms with van der Waals surface area (Å²) in [6, 6.07) is 8.17. The number of rotatable bonds is 3. The summed E-state index contributed by atoms with van der Waals surface area (Å²) < 4.78 is 0. The Morgan fingerprint density at radius 3 is 2.84 bits per heavy atom. The Labute approximate surface area is 122 Å². The third-order valence-corrected chi connectivity index (χ3v) is 3.45. The molecule has 5 heteroatoms. The molecule has 0 fully saturated rings. The van der Waals surface area contributed by atoms with E-state index in [0.29, 0.717) is 5.11 Å². The highest BCUT2D eigenvalue weighted by Crippen LogP contribution is 2.15. The first-order valence-corrected chi connectivity index (χ1v) is 7.20. The minimum Gasteiger partial charge on any atom is -0.331 e. The van der Waals surface area contributed by atoms with Crippen LogP contribution in [0.1, 0.15) is 16.7 Å². The molecule has 0 atom stereocenters. The lowest BCUT2D eigenvalue weighted by molar-refractivity contribution is 1.05. The minimum atomic E-state index is 0.485. The van der Waals surface area contributed by atoms with E-state index in [-0.39, 0.29) is 0 Å². The van der Waals surface area contributed by atoms with Crippen LogP contribution >= 0.6 is 23.6 Å². The average molecular weight is 289 g/mol. The van der Waals surface area contributed by atoms with E-state index in [1.165, 1.54) is 5.56 Å². The van der Waals surface area contributed by atoms with Gasteiger partial charge in [0.25, 0.3) is 0 Å². The lowest BCUT2D eigenvalue weighted by atomic mass is 10.1. The Bertz CT molecular complexity index is 589. The monoisotopic (exact) mass is 289 g/mol. The molecule has 1 aromatic heterocycles. The molecule has 98 valence electrons. The molecule has 2 aromatic rings. The van der Waals surface area contributed by atoms with Gasteiger partial charge in [-0.2, -0.15) is 16.4 Å². The van der Waals surface area contributed by atoms with Crippen LogP contribution in [0.25, 0.3) is 0 Å². The van der Waals surface area contributed by atoms with Crippen LogP contribution in [0.15, 0.2) is 40.1 Å². The van der Waals surface area contributed by atoms with Crippen molar-refractivity contribution >= 4 is 40.6 Å². The maximum absolute atomic E-state index is 5.19. The van der Waals surface area contributed by atoms with Crippen LogP contribution in [0, 0.1) is 13.8 Å². The molecule has 0 aliphatic carbocycles. The van der Waals surface area contributed by atoms with Gasteiger partial charge < -0.3 is 5.32 Å². The number of thiophene rings is 1. The molecule has 1 aromatic carbocycles. The molecule has 0 spiro atoms. The molecule has 0 aliphatic rings. The summed E-state index contributed by atoms with van der Waals surface area (Å²) in [6.45, 7) is 4.12. The molecule has 0 amide bonds. The molecular formula is C14H15N3S2. The van der Waals surface area contributed by atoms with E-state index in [2.05, 4.69) is 28.8 Å². The Morgan fingerprint density at radius 1 is 1.32 bits per heavy atom. The fraction of sp³-hybridized carbons (Fsp3) is 0.143. The van der Waals surface area contributed by atoms with Crippen LogP contribution in [0.5, 0.6) is 0 Å². The van der Waals surface area contributed by atoms with Gasteiger partial charge in [0.05, 0.1) is 6.21 Å². The summed E-state index contributed by atoms with van der Waals surface area (Å²) in [7, 11) is 0. The molecule has 0 saturated heterocycles. The van der Waals surface area contributed by atoms with Crippen molar-refractivity contribution in [1.29, 1.82) is 0 Å². The summed E-state index contributed by atoms with van der Waals surface area (Å²) in [6.07, 6.45) is 1.74. The number of nitrogens with zero attached hydrogens (tertiary/aromatic N) is 1. The number of hydrogen-bond donors (Lipinski definition) is 2. The zero-order valence-corrected chi connectivity index (χ0v) is 12.4. The van der Waals surface area contributed by atoms with Gasteiger partial charge in [0, 0.05) is 11.3 Å². The van der Waals surface area contributed by atoms with Crippen molar-refractivity contribution in [2.24, 2.45) is 5.10 Å². The lowest BCUT2D eigenvalue weighted by Crippen LogP contribution is -2.24. The van der Waals surface area contributed by atoms with E-state index in [1.807, 2.05) is 35.9 Å². The first-order chi connectivity index (χ1) is 9.15. The number of hydrazone groups is 1. The van der Waals surface area contributed by atoms with E-state index in [1.54, 1.807) is 17.6 Å². The minimum absolute atomic E-state index is 0.485. The number of thiocarbonyl (C=S) groups is 1. The standard InChI is InChI=1S/C14H15N3S2/c1-10-3-4-13(11(2)7-10)16-14(18)17-15-8-12-5-6-19-9-12/h3-9H,1-2H3,(H2,16,17,18)/b15-8+. The van der Waals surface area contributed by atoms with Gasteiger partial charge >= 0.3 is 0 Å². The van der Waals surface area contributed by atoms with E-state index in [0.717, 1.165) is 16.8 Å². The molecule has 2 N–H and O–H groups in total. The number of anilines is 1. The molecule has 0 bridgehead atoms. The molecule has 3 nitrogen and oxygen atoms in total. The number of hydrogen-bond acceptors (Lipinski definition) is 3. The van der Waals surface area contributed by atoms with Gasteiger partial charge in [-0.25, -0.2) is 0 Å². The Morgan fingerprint density at radius 2 is 2.16 bits per heavy atom. The highest BCUT2D eigenvalue weighted by Gasteiger charge is 2.00. The van der Waals surface area contributed by atoms with Crippen molar-refractivity contribution in [3.63, 3.8) is 0 Å². The van der Waals surface area contributed by atoms with Crippen LogP contribution in [-0.2, 0) is 0 Å². The van der Waals surface area contributed by atoms with Gasteiger partial charge in [-0.3, -0.25) is 5.43 Å².